The zero-order valence-electron chi connectivity index (χ0n) is 8.50. The van der Waals surface area contributed by atoms with Crippen LogP contribution >= 0.6 is 9.24 Å². The molecule has 0 N–H and O–H groups in total. The van der Waals surface area contributed by atoms with Crippen molar-refractivity contribution < 1.29 is 17.6 Å². The van der Waals surface area contributed by atoms with Gasteiger partial charge >= 0.3 is 11.8 Å². The lowest BCUT2D eigenvalue weighted by Gasteiger charge is -2.37. The van der Waals surface area contributed by atoms with Gasteiger partial charge in [-0.05, 0) is 12.0 Å². The Morgan fingerprint density at radius 3 is 1.79 bits per heavy atom. The van der Waals surface area contributed by atoms with E-state index in [1.807, 2.05) is 0 Å². The molecule has 14 heavy (non-hydrogen) atoms. The van der Waals surface area contributed by atoms with Crippen LogP contribution in [-0.2, 0) is 0 Å². The Morgan fingerprint density at radius 1 is 1.21 bits per heavy atom. The molecule has 0 nitrogen and oxygen atoms in total. The van der Waals surface area contributed by atoms with E-state index in [1.54, 1.807) is 9.24 Å². The Kier molecular flexibility index (Phi) is 3.77. The van der Waals surface area contributed by atoms with E-state index < -0.39 is 22.6 Å². The zero-order chi connectivity index (χ0) is 11.8. The molecule has 0 saturated heterocycles. The topological polar surface area (TPSA) is 0 Å². The van der Waals surface area contributed by atoms with E-state index in [0.717, 1.165) is 13.8 Å². The van der Waals surface area contributed by atoms with Crippen molar-refractivity contribution in [1.82, 2.24) is 0 Å². The first kappa shape index (κ1) is 13.9. The van der Waals surface area contributed by atoms with E-state index in [-0.39, 0.29) is 6.42 Å². The summed E-state index contributed by atoms with van der Waals surface area (Å²) in [6.45, 7) is 6.46. The highest BCUT2D eigenvalue weighted by Gasteiger charge is 2.63. The van der Waals surface area contributed by atoms with Gasteiger partial charge in [0, 0.05) is 5.16 Å². The number of rotatable bonds is 4. The maximum Gasteiger partial charge on any atom is 0.332 e. The van der Waals surface area contributed by atoms with Crippen LogP contribution in [-0.4, -0.2) is 17.0 Å². The fourth-order valence-corrected chi connectivity index (χ4v) is 1.03. The van der Waals surface area contributed by atoms with Crippen LogP contribution in [0.25, 0.3) is 0 Å². The third-order valence-corrected chi connectivity index (χ3v) is 2.44. The Hall–Kier alpha value is -0.110. The summed E-state index contributed by atoms with van der Waals surface area (Å²) < 4.78 is 53.1. The highest BCUT2D eigenvalue weighted by Crippen LogP contribution is 2.50. The van der Waals surface area contributed by atoms with Crippen molar-refractivity contribution in [3.05, 3.63) is 12.2 Å². The standard InChI is InChI=1S/C9H15F4P/c1-5-6(2)8(10,11)9(12,13)7(3,4)14/h2,5,14H2,1,3-4H3. The normalized spacial score (nSPS) is 14.3. The predicted molar refractivity (Wildman–Crippen MR) is 53.1 cm³/mol. The first-order valence-corrected chi connectivity index (χ1v) is 4.79. The molecule has 0 aliphatic heterocycles. The summed E-state index contributed by atoms with van der Waals surface area (Å²) in [4.78, 5) is 0. The number of alkyl halides is 4. The fraction of sp³-hybridized carbons (Fsp3) is 0.778. The third-order valence-electron chi connectivity index (χ3n) is 2.07. The van der Waals surface area contributed by atoms with Gasteiger partial charge in [-0.2, -0.15) is 17.6 Å². The largest absolute Gasteiger partial charge is 0.332 e. The average Bonchev–Trinajstić information content (AvgIpc) is 2.00. The van der Waals surface area contributed by atoms with E-state index in [9.17, 15) is 17.6 Å². The first-order valence-electron chi connectivity index (χ1n) is 4.21. The molecule has 0 aromatic rings. The van der Waals surface area contributed by atoms with Gasteiger partial charge in [0.15, 0.2) is 0 Å². The molecule has 1 unspecified atom stereocenters. The molecule has 0 fully saturated rings. The summed E-state index contributed by atoms with van der Waals surface area (Å²) in [6.07, 6.45) is -0.163. The molecule has 0 rings (SSSR count). The van der Waals surface area contributed by atoms with Crippen LogP contribution in [0.15, 0.2) is 12.2 Å². The van der Waals surface area contributed by atoms with Gasteiger partial charge in [0.2, 0.25) is 0 Å². The molecule has 0 saturated carbocycles. The lowest BCUT2D eigenvalue weighted by molar-refractivity contribution is -0.201. The predicted octanol–water partition coefficient (Wildman–Crippen LogP) is 3.88. The molecule has 0 bridgehead atoms. The summed E-state index contributed by atoms with van der Waals surface area (Å²) in [5.41, 5.74) is -0.738. The van der Waals surface area contributed by atoms with Gasteiger partial charge in [0.1, 0.15) is 0 Å². The van der Waals surface area contributed by atoms with Crippen molar-refractivity contribution in [3.8, 4) is 0 Å². The molecule has 0 aromatic heterocycles. The van der Waals surface area contributed by atoms with Gasteiger partial charge in [-0.15, -0.1) is 9.24 Å². The molecule has 0 aromatic carbocycles. The maximum absolute atomic E-state index is 13.3. The molecule has 0 heterocycles. The van der Waals surface area contributed by atoms with Gasteiger partial charge in [-0.25, -0.2) is 0 Å². The Labute approximate surface area is 84.0 Å². The monoisotopic (exact) mass is 230 g/mol. The van der Waals surface area contributed by atoms with Crippen molar-refractivity contribution in [1.29, 1.82) is 0 Å². The van der Waals surface area contributed by atoms with Gasteiger partial charge in [-0.1, -0.05) is 27.4 Å². The van der Waals surface area contributed by atoms with Gasteiger partial charge < -0.3 is 0 Å². The third kappa shape index (κ3) is 2.10. The fourth-order valence-electron chi connectivity index (χ4n) is 0.849. The van der Waals surface area contributed by atoms with Crippen LogP contribution in [0.2, 0.25) is 0 Å². The summed E-state index contributed by atoms with van der Waals surface area (Å²) in [6, 6.07) is 0. The highest BCUT2D eigenvalue weighted by atomic mass is 31.0. The quantitative estimate of drug-likeness (QED) is 0.390. The molecule has 0 spiro atoms. The van der Waals surface area contributed by atoms with E-state index in [0.29, 0.717) is 0 Å². The second-order valence-corrected chi connectivity index (χ2v) is 5.27. The second-order valence-electron chi connectivity index (χ2n) is 3.83. The zero-order valence-corrected chi connectivity index (χ0v) is 9.66. The van der Waals surface area contributed by atoms with Crippen molar-refractivity contribution in [2.75, 3.05) is 0 Å². The summed E-state index contributed by atoms with van der Waals surface area (Å²) in [5, 5.41) is -1.87. The van der Waals surface area contributed by atoms with Gasteiger partial charge in [-0.3, -0.25) is 0 Å². The van der Waals surface area contributed by atoms with E-state index >= 15 is 0 Å². The molecule has 0 radical (unpaired) electrons. The molecule has 0 aliphatic rings. The number of halogens is 4. The van der Waals surface area contributed by atoms with E-state index in [2.05, 4.69) is 6.58 Å². The second kappa shape index (κ2) is 3.80. The summed E-state index contributed by atoms with van der Waals surface area (Å²) in [7, 11) is 1.74. The molecule has 84 valence electrons. The molecule has 0 aliphatic carbocycles. The number of hydrogen-bond acceptors (Lipinski definition) is 0. The van der Waals surface area contributed by atoms with Crippen LogP contribution in [0.5, 0.6) is 0 Å². The Morgan fingerprint density at radius 2 is 1.57 bits per heavy atom. The smallest absolute Gasteiger partial charge is 0.198 e. The Bertz CT molecular complexity index is 227. The average molecular weight is 230 g/mol. The van der Waals surface area contributed by atoms with Crippen molar-refractivity contribution in [2.45, 2.75) is 44.2 Å². The highest BCUT2D eigenvalue weighted by molar-refractivity contribution is 7.19. The van der Waals surface area contributed by atoms with Crippen molar-refractivity contribution >= 4 is 9.24 Å². The van der Waals surface area contributed by atoms with E-state index in [1.165, 1.54) is 6.92 Å². The van der Waals surface area contributed by atoms with Gasteiger partial charge in [0.25, 0.3) is 0 Å². The molecular formula is C9H15F4P. The summed E-state index contributed by atoms with van der Waals surface area (Å²) >= 11 is 0. The van der Waals surface area contributed by atoms with Gasteiger partial charge in [0.05, 0.1) is 0 Å². The van der Waals surface area contributed by atoms with Crippen LogP contribution in [0, 0.1) is 0 Å². The van der Waals surface area contributed by atoms with Crippen LogP contribution < -0.4 is 0 Å². The SMILES string of the molecule is C=C(CC)C(F)(F)C(F)(F)C(C)(C)P. The van der Waals surface area contributed by atoms with Crippen molar-refractivity contribution in [3.63, 3.8) is 0 Å². The van der Waals surface area contributed by atoms with Crippen LogP contribution in [0.4, 0.5) is 17.6 Å². The summed E-state index contributed by atoms with van der Waals surface area (Å²) in [5.74, 6) is -8.27. The number of hydrogen-bond donors (Lipinski definition) is 0. The Balaban J connectivity index is 5.18. The van der Waals surface area contributed by atoms with Crippen LogP contribution in [0.3, 0.4) is 0 Å². The molecule has 5 heteroatoms. The van der Waals surface area contributed by atoms with Crippen LogP contribution in [0.1, 0.15) is 27.2 Å². The molecular weight excluding hydrogens is 215 g/mol. The maximum atomic E-state index is 13.3. The minimum absolute atomic E-state index is 0.163. The lowest BCUT2D eigenvalue weighted by Crippen LogP contribution is -2.53. The van der Waals surface area contributed by atoms with E-state index in [4.69, 9.17) is 0 Å². The molecule has 1 atom stereocenters. The minimum Gasteiger partial charge on any atom is -0.198 e. The lowest BCUT2D eigenvalue weighted by atomic mass is 9.92. The number of allylic oxidation sites excluding steroid dienone is 1. The van der Waals surface area contributed by atoms with Crippen molar-refractivity contribution in [2.24, 2.45) is 0 Å². The first-order chi connectivity index (χ1) is 5.98. The minimum atomic E-state index is -4.16. The molecule has 0 amide bonds.